The predicted octanol–water partition coefficient (Wildman–Crippen LogP) is 2.06. The Bertz CT molecular complexity index is 126. The molecule has 0 aliphatic rings. The summed E-state index contributed by atoms with van der Waals surface area (Å²) in [5, 5.41) is 0. The molecule has 0 aliphatic heterocycles. The maximum absolute atomic E-state index is 5.50. The van der Waals surface area contributed by atoms with E-state index in [9.17, 15) is 0 Å². The van der Waals surface area contributed by atoms with Crippen molar-refractivity contribution in [3.8, 4) is 0 Å². The highest BCUT2D eigenvalue weighted by atomic mass is 14.6. The third-order valence-corrected chi connectivity index (χ3v) is 0.835. The first-order valence-electron chi connectivity index (χ1n) is 3.06. The zero-order valence-electron chi connectivity index (χ0n) is 6.44. The van der Waals surface area contributed by atoms with Crippen molar-refractivity contribution >= 4 is 0 Å². The normalized spacial score (nSPS) is 13.4. The minimum Gasteiger partial charge on any atom is -0.399 e. The second-order valence-corrected chi connectivity index (χ2v) is 3.21. The maximum Gasteiger partial charge on any atom is 0.0272 e. The molecule has 0 aliphatic carbocycles. The fourth-order valence-electron chi connectivity index (χ4n) is 0.559. The van der Waals surface area contributed by atoms with Crippen molar-refractivity contribution in [3.05, 3.63) is 24.4 Å². The van der Waals surface area contributed by atoms with Gasteiger partial charge < -0.3 is 5.73 Å². The van der Waals surface area contributed by atoms with Crippen LogP contribution in [0.1, 0.15) is 20.8 Å². The predicted molar refractivity (Wildman–Crippen MR) is 41.9 cm³/mol. The average Bonchev–Trinajstić information content (AvgIpc) is 1.62. The van der Waals surface area contributed by atoms with E-state index in [0.29, 0.717) is 0 Å². The zero-order valence-corrected chi connectivity index (χ0v) is 6.44. The third-order valence-electron chi connectivity index (χ3n) is 0.835. The second kappa shape index (κ2) is 2.72. The van der Waals surface area contributed by atoms with Crippen LogP contribution in [0.25, 0.3) is 0 Å². The van der Waals surface area contributed by atoms with Gasteiger partial charge in [-0.05, 0) is 11.5 Å². The molecule has 9 heavy (non-hydrogen) atoms. The molecule has 0 aromatic carbocycles. The van der Waals surface area contributed by atoms with Crippen LogP contribution in [-0.4, -0.2) is 0 Å². The van der Waals surface area contributed by atoms with Gasteiger partial charge in [-0.25, -0.2) is 0 Å². The number of allylic oxidation sites excluding steroid dienone is 2. The van der Waals surface area contributed by atoms with Crippen LogP contribution in [0.4, 0.5) is 0 Å². The molecule has 0 amide bonds. The average molecular weight is 125 g/mol. The quantitative estimate of drug-likeness (QED) is 0.533. The number of hydrogen-bond donors (Lipinski definition) is 1. The van der Waals surface area contributed by atoms with Crippen molar-refractivity contribution in [1.82, 2.24) is 0 Å². The van der Waals surface area contributed by atoms with Crippen LogP contribution in [0, 0.1) is 5.41 Å². The first-order chi connectivity index (χ1) is 3.95. The van der Waals surface area contributed by atoms with Crippen LogP contribution < -0.4 is 5.73 Å². The van der Waals surface area contributed by atoms with Crippen molar-refractivity contribution in [2.24, 2.45) is 11.1 Å². The van der Waals surface area contributed by atoms with E-state index in [4.69, 9.17) is 5.73 Å². The van der Waals surface area contributed by atoms with E-state index >= 15 is 0 Å². The second-order valence-electron chi connectivity index (χ2n) is 3.21. The van der Waals surface area contributed by atoms with E-state index in [1.165, 1.54) is 0 Å². The van der Waals surface area contributed by atoms with Crippen molar-refractivity contribution in [2.75, 3.05) is 0 Å². The van der Waals surface area contributed by atoms with Gasteiger partial charge in [-0.15, -0.1) is 0 Å². The summed E-state index contributed by atoms with van der Waals surface area (Å²) in [7, 11) is 0. The Balaban J connectivity index is 4.11. The molecule has 2 N–H and O–H groups in total. The summed E-state index contributed by atoms with van der Waals surface area (Å²) in [5.41, 5.74) is 6.42. The summed E-state index contributed by atoms with van der Waals surface area (Å²) in [6.45, 7) is 9.85. The van der Waals surface area contributed by atoms with Crippen molar-refractivity contribution in [3.63, 3.8) is 0 Å². The lowest BCUT2D eigenvalue weighted by Crippen LogP contribution is -2.04. The molecule has 0 saturated heterocycles. The van der Waals surface area contributed by atoms with E-state index in [0.717, 1.165) is 5.70 Å². The molecular formula is C8H15N. The van der Waals surface area contributed by atoms with E-state index in [2.05, 4.69) is 27.4 Å². The molecule has 0 saturated carbocycles. The van der Waals surface area contributed by atoms with E-state index < -0.39 is 0 Å². The van der Waals surface area contributed by atoms with E-state index in [1.54, 1.807) is 6.08 Å². The van der Waals surface area contributed by atoms with Gasteiger partial charge in [-0.2, -0.15) is 0 Å². The van der Waals surface area contributed by atoms with Crippen LogP contribution >= 0.6 is 0 Å². The lowest BCUT2D eigenvalue weighted by atomic mass is 9.95. The SMILES string of the molecule is C=CC(N)=CC(C)(C)C. The highest BCUT2D eigenvalue weighted by molar-refractivity contribution is 5.14. The third kappa shape index (κ3) is 5.15. The van der Waals surface area contributed by atoms with Gasteiger partial charge in [-0.1, -0.05) is 33.4 Å². The van der Waals surface area contributed by atoms with Gasteiger partial charge in [0.2, 0.25) is 0 Å². The Kier molecular flexibility index (Phi) is 2.50. The van der Waals surface area contributed by atoms with Crippen LogP contribution in [0.5, 0.6) is 0 Å². The van der Waals surface area contributed by atoms with Gasteiger partial charge in [0.05, 0.1) is 0 Å². The fourth-order valence-corrected chi connectivity index (χ4v) is 0.559. The molecule has 0 heterocycles. The molecule has 0 unspecified atom stereocenters. The monoisotopic (exact) mass is 125 g/mol. The number of rotatable bonds is 1. The molecule has 0 bridgehead atoms. The minimum absolute atomic E-state index is 0.165. The van der Waals surface area contributed by atoms with Crippen LogP contribution in [0.15, 0.2) is 24.4 Å². The first kappa shape index (κ1) is 8.28. The lowest BCUT2D eigenvalue weighted by Gasteiger charge is -2.11. The van der Waals surface area contributed by atoms with E-state index in [1.807, 2.05) is 6.08 Å². The topological polar surface area (TPSA) is 26.0 Å². The molecule has 1 heteroatoms. The molecule has 0 aromatic heterocycles. The molecular weight excluding hydrogens is 110 g/mol. The molecule has 0 atom stereocenters. The highest BCUT2D eigenvalue weighted by Gasteiger charge is 2.04. The Morgan fingerprint density at radius 3 is 2.00 bits per heavy atom. The smallest absolute Gasteiger partial charge is 0.0272 e. The first-order valence-corrected chi connectivity index (χ1v) is 3.06. The van der Waals surface area contributed by atoms with E-state index in [-0.39, 0.29) is 5.41 Å². The highest BCUT2D eigenvalue weighted by Crippen LogP contribution is 2.15. The molecule has 0 rings (SSSR count). The summed E-state index contributed by atoms with van der Waals surface area (Å²) in [4.78, 5) is 0. The number of hydrogen-bond acceptors (Lipinski definition) is 1. The largest absolute Gasteiger partial charge is 0.399 e. The maximum atomic E-state index is 5.50. The summed E-state index contributed by atoms with van der Waals surface area (Å²) in [5.74, 6) is 0. The van der Waals surface area contributed by atoms with Gasteiger partial charge in [0, 0.05) is 5.70 Å². The Labute approximate surface area is 57.3 Å². The Morgan fingerprint density at radius 1 is 1.44 bits per heavy atom. The standard InChI is InChI=1S/C8H15N/c1-5-7(9)6-8(2,3)4/h5-6H,1,9H2,2-4H3. The molecule has 0 radical (unpaired) electrons. The lowest BCUT2D eigenvalue weighted by molar-refractivity contribution is 0.540. The summed E-state index contributed by atoms with van der Waals surface area (Å²) in [6, 6.07) is 0. The van der Waals surface area contributed by atoms with Crippen molar-refractivity contribution in [2.45, 2.75) is 20.8 Å². The van der Waals surface area contributed by atoms with Gasteiger partial charge in [-0.3, -0.25) is 0 Å². The van der Waals surface area contributed by atoms with Crippen LogP contribution in [0.3, 0.4) is 0 Å². The van der Waals surface area contributed by atoms with Crippen molar-refractivity contribution < 1.29 is 0 Å². The van der Waals surface area contributed by atoms with Crippen molar-refractivity contribution in [1.29, 1.82) is 0 Å². The summed E-state index contributed by atoms with van der Waals surface area (Å²) >= 11 is 0. The molecule has 1 nitrogen and oxygen atoms in total. The van der Waals surface area contributed by atoms with Gasteiger partial charge >= 0.3 is 0 Å². The number of nitrogens with two attached hydrogens (primary N) is 1. The van der Waals surface area contributed by atoms with Crippen LogP contribution in [-0.2, 0) is 0 Å². The Morgan fingerprint density at radius 2 is 1.89 bits per heavy atom. The zero-order chi connectivity index (χ0) is 7.49. The fraction of sp³-hybridized carbons (Fsp3) is 0.500. The summed E-state index contributed by atoms with van der Waals surface area (Å²) < 4.78 is 0. The Hall–Kier alpha value is -0.720. The van der Waals surface area contributed by atoms with Gasteiger partial charge in [0.15, 0.2) is 0 Å². The molecule has 0 fully saturated rings. The summed E-state index contributed by atoms with van der Waals surface area (Å²) in [6.07, 6.45) is 3.64. The van der Waals surface area contributed by atoms with Gasteiger partial charge in [0.1, 0.15) is 0 Å². The van der Waals surface area contributed by atoms with Crippen LogP contribution in [0.2, 0.25) is 0 Å². The molecule has 0 spiro atoms. The molecule has 0 aromatic rings. The molecule has 52 valence electrons. The minimum atomic E-state index is 0.165. The van der Waals surface area contributed by atoms with Gasteiger partial charge in [0.25, 0.3) is 0 Å².